The van der Waals surface area contributed by atoms with Crippen LogP contribution in [0.1, 0.15) is 33.1 Å². The van der Waals surface area contributed by atoms with Crippen LogP contribution in [0.2, 0.25) is 0 Å². The van der Waals surface area contributed by atoms with Gasteiger partial charge in [0.15, 0.2) is 0 Å². The molecule has 16 heavy (non-hydrogen) atoms. The number of rotatable bonds is 6. The number of carbonyl (C=O) groups is 2. The lowest BCUT2D eigenvalue weighted by Gasteiger charge is -2.15. The fraction of sp³-hybridized carbons (Fsp3) is 0.818. The molecule has 0 bridgehead atoms. The minimum Gasteiger partial charge on any atom is -0.480 e. The van der Waals surface area contributed by atoms with Gasteiger partial charge in [-0.15, -0.1) is 0 Å². The molecule has 1 fully saturated rings. The number of carbonyl (C=O) groups excluding carboxylic acids is 1. The molecule has 3 N–H and O–H groups in total. The van der Waals surface area contributed by atoms with Crippen molar-refractivity contribution in [3.63, 3.8) is 0 Å². The van der Waals surface area contributed by atoms with E-state index in [1.54, 1.807) is 6.92 Å². The van der Waals surface area contributed by atoms with E-state index in [9.17, 15) is 9.59 Å². The first-order valence-electron chi connectivity index (χ1n) is 5.81. The van der Waals surface area contributed by atoms with E-state index in [1.807, 2.05) is 0 Å². The van der Waals surface area contributed by atoms with E-state index in [0.717, 1.165) is 5.92 Å². The molecule has 0 aromatic heterocycles. The highest BCUT2D eigenvalue weighted by Crippen LogP contribution is 2.35. The molecule has 5 nitrogen and oxygen atoms in total. The zero-order valence-corrected chi connectivity index (χ0v) is 9.82. The molecule has 2 amide bonds. The summed E-state index contributed by atoms with van der Waals surface area (Å²) in [4.78, 5) is 22.1. The Morgan fingerprint density at radius 1 is 1.44 bits per heavy atom. The summed E-state index contributed by atoms with van der Waals surface area (Å²) in [5.41, 5.74) is 0. The summed E-state index contributed by atoms with van der Waals surface area (Å²) >= 11 is 0. The summed E-state index contributed by atoms with van der Waals surface area (Å²) in [6, 6.07) is -1.18. The minimum absolute atomic E-state index is 0.387. The minimum atomic E-state index is -0.993. The summed E-state index contributed by atoms with van der Waals surface area (Å²) in [7, 11) is 0. The van der Waals surface area contributed by atoms with E-state index >= 15 is 0 Å². The number of amides is 2. The molecule has 2 unspecified atom stereocenters. The van der Waals surface area contributed by atoms with Crippen molar-refractivity contribution in [2.24, 2.45) is 11.8 Å². The van der Waals surface area contributed by atoms with Gasteiger partial charge in [0, 0.05) is 6.54 Å². The highest BCUT2D eigenvalue weighted by molar-refractivity contribution is 5.82. The first kappa shape index (κ1) is 12.8. The van der Waals surface area contributed by atoms with E-state index in [2.05, 4.69) is 17.6 Å². The van der Waals surface area contributed by atoms with Crippen LogP contribution in [0, 0.1) is 11.8 Å². The topological polar surface area (TPSA) is 78.4 Å². The Bertz CT molecular complexity index is 264. The Labute approximate surface area is 95.6 Å². The molecule has 0 aromatic rings. The Morgan fingerprint density at radius 2 is 2.06 bits per heavy atom. The quantitative estimate of drug-likeness (QED) is 0.639. The highest BCUT2D eigenvalue weighted by atomic mass is 16.4. The fourth-order valence-corrected chi connectivity index (χ4v) is 1.63. The van der Waals surface area contributed by atoms with Crippen LogP contribution in [0.3, 0.4) is 0 Å². The lowest BCUT2D eigenvalue weighted by Crippen LogP contribution is -2.46. The first-order valence-corrected chi connectivity index (χ1v) is 5.81. The zero-order chi connectivity index (χ0) is 12.1. The predicted molar refractivity (Wildman–Crippen MR) is 60.1 cm³/mol. The largest absolute Gasteiger partial charge is 0.480 e. The van der Waals surface area contributed by atoms with Crippen LogP contribution in [-0.2, 0) is 4.79 Å². The lowest BCUT2D eigenvalue weighted by molar-refractivity contribution is -0.139. The van der Waals surface area contributed by atoms with E-state index in [-0.39, 0.29) is 6.03 Å². The average molecular weight is 228 g/mol. The molecule has 0 radical (unpaired) electrons. The molecule has 0 aromatic carbocycles. The van der Waals surface area contributed by atoms with Crippen LogP contribution in [0.15, 0.2) is 0 Å². The molecule has 0 saturated heterocycles. The van der Waals surface area contributed by atoms with Gasteiger partial charge in [0.05, 0.1) is 0 Å². The van der Waals surface area contributed by atoms with Gasteiger partial charge in [-0.1, -0.05) is 13.8 Å². The normalized spacial score (nSPS) is 18.6. The standard InChI is InChI=1S/C11H20N2O3/c1-3-9(10(14)15)13-11(16)12-6-7(2)8-4-5-8/h7-9H,3-6H2,1-2H3,(H,14,15)(H2,12,13,16). The molecule has 0 heterocycles. The molecular formula is C11H20N2O3. The van der Waals surface area contributed by atoms with Crippen molar-refractivity contribution < 1.29 is 14.7 Å². The van der Waals surface area contributed by atoms with Gasteiger partial charge >= 0.3 is 12.0 Å². The third kappa shape index (κ3) is 4.08. The molecule has 92 valence electrons. The number of carboxylic acid groups (broad SMARTS) is 1. The second kappa shape index (κ2) is 5.72. The van der Waals surface area contributed by atoms with Crippen molar-refractivity contribution in [2.75, 3.05) is 6.54 Å². The van der Waals surface area contributed by atoms with Crippen LogP contribution < -0.4 is 10.6 Å². The summed E-state index contributed by atoms with van der Waals surface area (Å²) < 4.78 is 0. The predicted octanol–water partition coefficient (Wildman–Crippen LogP) is 1.19. The van der Waals surface area contributed by atoms with Crippen molar-refractivity contribution >= 4 is 12.0 Å². The SMILES string of the molecule is CCC(NC(=O)NCC(C)C1CC1)C(=O)O. The molecule has 0 spiro atoms. The van der Waals surface area contributed by atoms with E-state index < -0.39 is 12.0 Å². The highest BCUT2D eigenvalue weighted by Gasteiger charge is 2.28. The second-order valence-corrected chi connectivity index (χ2v) is 4.47. The number of hydrogen-bond acceptors (Lipinski definition) is 2. The number of aliphatic carboxylic acids is 1. The average Bonchev–Trinajstić information content (AvgIpc) is 3.05. The Balaban J connectivity index is 2.20. The molecule has 5 heteroatoms. The Hall–Kier alpha value is -1.26. The van der Waals surface area contributed by atoms with Crippen molar-refractivity contribution in [1.29, 1.82) is 0 Å². The summed E-state index contributed by atoms with van der Waals surface area (Å²) in [5.74, 6) is 0.227. The monoisotopic (exact) mass is 228 g/mol. The number of hydrogen-bond donors (Lipinski definition) is 3. The summed E-state index contributed by atoms with van der Waals surface area (Å²) in [6.45, 7) is 4.45. The lowest BCUT2D eigenvalue weighted by atomic mass is 10.1. The molecule has 1 saturated carbocycles. The fourth-order valence-electron chi connectivity index (χ4n) is 1.63. The van der Waals surface area contributed by atoms with Crippen molar-refractivity contribution in [2.45, 2.75) is 39.2 Å². The van der Waals surface area contributed by atoms with Gasteiger partial charge in [-0.25, -0.2) is 9.59 Å². The first-order chi connectivity index (χ1) is 7.54. The third-order valence-electron chi connectivity index (χ3n) is 3.02. The molecule has 1 aliphatic rings. The van der Waals surface area contributed by atoms with E-state index in [1.165, 1.54) is 12.8 Å². The van der Waals surface area contributed by atoms with Crippen molar-refractivity contribution in [1.82, 2.24) is 10.6 Å². The maximum Gasteiger partial charge on any atom is 0.326 e. The van der Waals surface area contributed by atoms with Crippen LogP contribution in [0.25, 0.3) is 0 Å². The summed E-state index contributed by atoms with van der Waals surface area (Å²) in [5, 5.41) is 13.9. The maximum absolute atomic E-state index is 11.4. The van der Waals surface area contributed by atoms with Crippen LogP contribution in [0.4, 0.5) is 4.79 Å². The number of carboxylic acids is 1. The van der Waals surface area contributed by atoms with Crippen molar-refractivity contribution in [3.05, 3.63) is 0 Å². The second-order valence-electron chi connectivity index (χ2n) is 4.47. The Morgan fingerprint density at radius 3 is 2.50 bits per heavy atom. The van der Waals surface area contributed by atoms with E-state index in [4.69, 9.17) is 5.11 Å². The van der Waals surface area contributed by atoms with Crippen molar-refractivity contribution in [3.8, 4) is 0 Å². The maximum atomic E-state index is 11.4. The number of urea groups is 1. The van der Waals surface area contributed by atoms with Gasteiger partial charge in [0.2, 0.25) is 0 Å². The summed E-state index contributed by atoms with van der Waals surface area (Å²) in [6.07, 6.45) is 2.88. The van der Waals surface area contributed by atoms with Gasteiger partial charge in [0.25, 0.3) is 0 Å². The van der Waals surface area contributed by atoms with Gasteiger partial charge in [-0.3, -0.25) is 0 Å². The smallest absolute Gasteiger partial charge is 0.326 e. The Kier molecular flexibility index (Phi) is 4.58. The molecule has 2 atom stereocenters. The molecule has 1 rings (SSSR count). The molecule has 1 aliphatic carbocycles. The van der Waals surface area contributed by atoms with E-state index in [0.29, 0.717) is 18.9 Å². The third-order valence-corrected chi connectivity index (χ3v) is 3.02. The van der Waals surface area contributed by atoms with Crippen LogP contribution >= 0.6 is 0 Å². The van der Waals surface area contributed by atoms with Gasteiger partial charge in [-0.05, 0) is 31.1 Å². The van der Waals surface area contributed by atoms with Gasteiger partial charge in [0.1, 0.15) is 6.04 Å². The van der Waals surface area contributed by atoms with Gasteiger partial charge < -0.3 is 15.7 Å². The number of nitrogens with one attached hydrogen (secondary N) is 2. The molecule has 0 aliphatic heterocycles. The van der Waals surface area contributed by atoms with Crippen LogP contribution in [0.5, 0.6) is 0 Å². The zero-order valence-electron chi connectivity index (χ0n) is 9.82. The van der Waals surface area contributed by atoms with Gasteiger partial charge in [-0.2, -0.15) is 0 Å². The van der Waals surface area contributed by atoms with Crippen LogP contribution in [-0.4, -0.2) is 29.7 Å². The molecular weight excluding hydrogens is 208 g/mol.